The first-order valence-corrected chi connectivity index (χ1v) is 7.09. The van der Waals surface area contributed by atoms with Crippen LogP contribution in [0.5, 0.6) is 0 Å². The van der Waals surface area contributed by atoms with Gasteiger partial charge < -0.3 is 14.6 Å². The van der Waals surface area contributed by atoms with Gasteiger partial charge in [0.2, 0.25) is 0 Å². The molecule has 0 aliphatic carbocycles. The SMILES string of the molecule is CCC1(C(=O)O)CCN(C(=O)c2ccn(C)c(=O)c2)CC1. The van der Waals surface area contributed by atoms with Crippen molar-refractivity contribution in [1.82, 2.24) is 9.47 Å². The standard InChI is InChI=1S/C15H20N2O4/c1-3-15(14(20)21)5-8-17(9-6-15)13(19)11-4-7-16(2)12(18)10-11/h4,7,10H,3,5-6,8-9H2,1-2H3,(H,20,21). The van der Waals surface area contributed by atoms with E-state index in [9.17, 15) is 19.5 Å². The van der Waals surface area contributed by atoms with Gasteiger partial charge in [-0.25, -0.2) is 0 Å². The fraction of sp³-hybridized carbons (Fsp3) is 0.533. The van der Waals surface area contributed by atoms with Crippen molar-refractivity contribution < 1.29 is 14.7 Å². The normalized spacial score (nSPS) is 17.5. The van der Waals surface area contributed by atoms with E-state index in [-0.39, 0.29) is 11.5 Å². The lowest BCUT2D eigenvalue weighted by molar-refractivity contribution is -0.152. The molecule has 1 aromatic rings. The number of carboxylic acids is 1. The van der Waals surface area contributed by atoms with E-state index >= 15 is 0 Å². The van der Waals surface area contributed by atoms with E-state index in [1.165, 1.54) is 10.6 Å². The van der Waals surface area contributed by atoms with E-state index < -0.39 is 11.4 Å². The van der Waals surface area contributed by atoms with Crippen molar-refractivity contribution in [3.8, 4) is 0 Å². The number of hydrogen-bond acceptors (Lipinski definition) is 3. The summed E-state index contributed by atoms with van der Waals surface area (Å²) in [6.07, 6.45) is 3.04. The number of aryl methyl sites for hydroxylation is 1. The summed E-state index contributed by atoms with van der Waals surface area (Å²) in [7, 11) is 1.62. The molecule has 0 radical (unpaired) electrons. The van der Waals surface area contributed by atoms with Crippen LogP contribution >= 0.6 is 0 Å². The number of aliphatic carboxylic acids is 1. The topological polar surface area (TPSA) is 79.6 Å². The van der Waals surface area contributed by atoms with Crippen LogP contribution in [-0.2, 0) is 11.8 Å². The summed E-state index contributed by atoms with van der Waals surface area (Å²) in [5.74, 6) is -0.992. The minimum Gasteiger partial charge on any atom is -0.481 e. The maximum Gasteiger partial charge on any atom is 0.309 e. The molecule has 1 fully saturated rings. The maximum atomic E-state index is 12.4. The second-order valence-corrected chi connectivity index (χ2v) is 5.60. The average molecular weight is 292 g/mol. The van der Waals surface area contributed by atoms with Crippen molar-refractivity contribution in [3.63, 3.8) is 0 Å². The number of aromatic nitrogens is 1. The number of likely N-dealkylation sites (tertiary alicyclic amines) is 1. The molecule has 6 nitrogen and oxygen atoms in total. The molecule has 0 saturated carbocycles. The van der Waals surface area contributed by atoms with E-state index in [0.717, 1.165) is 0 Å². The molecule has 1 aliphatic heterocycles. The van der Waals surface area contributed by atoms with Crippen LogP contribution in [0, 0.1) is 5.41 Å². The molecule has 6 heteroatoms. The Morgan fingerprint density at radius 1 is 1.33 bits per heavy atom. The molecule has 1 N–H and O–H groups in total. The number of piperidine rings is 1. The van der Waals surface area contributed by atoms with Crippen LogP contribution in [0.2, 0.25) is 0 Å². The molecule has 114 valence electrons. The lowest BCUT2D eigenvalue weighted by Crippen LogP contribution is -2.46. The Bertz CT molecular complexity index is 612. The number of rotatable bonds is 3. The van der Waals surface area contributed by atoms with E-state index in [4.69, 9.17) is 0 Å². The molecular weight excluding hydrogens is 272 g/mol. The molecule has 2 rings (SSSR count). The minimum absolute atomic E-state index is 0.206. The molecule has 21 heavy (non-hydrogen) atoms. The lowest BCUT2D eigenvalue weighted by Gasteiger charge is -2.38. The molecular formula is C15H20N2O4. The third kappa shape index (κ3) is 2.84. The van der Waals surface area contributed by atoms with Gasteiger partial charge in [-0.05, 0) is 25.3 Å². The second kappa shape index (κ2) is 5.71. The largest absolute Gasteiger partial charge is 0.481 e. The number of carbonyl (C=O) groups is 2. The third-order valence-electron chi connectivity index (χ3n) is 4.49. The summed E-state index contributed by atoms with van der Waals surface area (Å²) >= 11 is 0. The second-order valence-electron chi connectivity index (χ2n) is 5.60. The first-order chi connectivity index (χ1) is 9.89. The van der Waals surface area contributed by atoms with Crippen LogP contribution in [-0.4, -0.2) is 39.5 Å². The monoisotopic (exact) mass is 292 g/mol. The predicted octanol–water partition coefficient (Wildman–Crippen LogP) is 1.10. The average Bonchev–Trinajstić information content (AvgIpc) is 2.49. The van der Waals surface area contributed by atoms with Crippen LogP contribution in [0.25, 0.3) is 0 Å². The van der Waals surface area contributed by atoms with Crippen molar-refractivity contribution >= 4 is 11.9 Å². The Balaban J connectivity index is 2.11. The number of carbonyl (C=O) groups excluding carboxylic acids is 1. The molecule has 1 aromatic heterocycles. The molecule has 0 bridgehead atoms. The molecule has 1 amide bonds. The molecule has 2 heterocycles. The quantitative estimate of drug-likeness (QED) is 0.904. The van der Waals surface area contributed by atoms with Crippen LogP contribution < -0.4 is 5.56 Å². The van der Waals surface area contributed by atoms with Gasteiger partial charge in [0.25, 0.3) is 11.5 Å². The first kappa shape index (κ1) is 15.3. The van der Waals surface area contributed by atoms with Gasteiger partial charge in [0.05, 0.1) is 5.41 Å². The Labute approximate surface area is 123 Å². The van der Waals surface area contributed by atoms with Gasteiger partial charge in [-0.15, -0.1) is 0 Å². The highest BCUT2D eigenvalue weighted by molar-refractivity contribution is 5.94. The zero-order valence-corrected chi connectivity index (χ0v) is 12.3. The van der Waals surface area contributed by atoms with Gasteiger partial charge >= 0.3 is 5.97 Å². The highest BCUT2D eigenvalue weighted by Crippen LogP contribution is 2.35. The van der Waals surface area contributed by atoms with Crippen molar-refractivity contribution in [2.75, 3.05) is 13.1 Å². The molecule has 0 aromatic carbocycles. The van der Waals surface area contributed by atoms with Crippen molar-refractivity contribution in [3.05, 3.63) is 34.2 Å². The summed E-state index contributed by atoms with van der Waals surface area (Å²) in [6.45, 7) is 2.69. The van der Waals surface area contributed by atoms with Crippen LogP contribution in [0.4, 0.5) is 0 Å². The fourth-order valence-corrected chi connectivity index (χ4v) is 2.72. The Morgan fingerprint density at radius 3 is 2.43 bits per heavy atom. The number of carboxylic acid groups (broad SMARTS) is 1. The van der Waals surface area contributed by atoms with Crippen molar-refractivity contribution in [2.45, 2.75) is 26.2 Å². The van der Waals surface area contributed by atoms with Crippen LogP contribution in [0.3, 0.4) is 0 Å². The van der Waals surface area contributed by atoms with Crippen LogP contribution in [0.15, 0.2) is 23.1 Å². The Hall–Kier alpha value is -2.11. The zero-order chi connectivity index (χ0) is 15.6. The summed E-state index contributed by atoms with van der Waals surface area (Å²) in [5, 5.41) is 9.35. The van der Waals surface area contributed by atoms with Gasteiger partial charge in [-0.2, -0.15) is 0 Å². The van der Waals surface area contributed by atoms with Crippen LogP contribution in [0.1, 0.15) is 36.5 Å². The number of amides is 1. The van der Waals surface area contributed by atoms with Gasteiger partial charge in [-0.1, -0.05) is 6.92 Å². The highest BCUT2D eigenvalue weighted by Gasteiger charge is 2.40. The van der Waals surface area contributed by atoms with Gasteiger partial charge in [0, 0.05) is 38.0 Å². The summed E-state index contributed by atoms with van der Waals surface area (Å²) in [4.78, 5) is 37.0. The van der Waals surface area contributed by atoms with Gasteiger partial charge in [0.15, 0.2) is 0 Å². The Kier molecular flexibility index (Phi) is 4.16. The molecule has 1 aliphatic rings. The summed E-state index contributed by atoms with van der Waals surface area (Å²) < 4.78 is 1.40. The molecule has 0 atom stereocenters. The van der Waals surface area contributed by atoms with E-state index in [2.05, 4.69) is 0 Å². The maximum absolute atomic E-state index is 12.4. The smallest absolute Gasteiger partial charge is 0.309 e. The molecule has 0 unspecified atom stereocenters. The predicted molar refractivity (Wildman–Crippen MR) is 77.2 cm³/mol. The Morgan fingerprint density at radius 2 is 1.95 bits per heavy atom. The van der Waals surface area contributed by atoms with Crippen molar-refractivity contribution in [1.29, 1.82) is 0 Å². The number of nitrogens with zero attached hydrogens (tertiary/aromatic N) is 2. The van der Waals surface area contributed by atoms with E-state index in [1.807, 2.05) is 6.92 Å². The highest BCUT2D eigenvalue weighted by atomic mass is 16.4. The minimum atomic E-state index is -0.786. The van der Waals surface area contributed by atoms with Gasteiger partial charge in [0.1, 0.15) is 0 Å². The van der Waals surface area contributed by atoms with Gasteiger partial charge in [-0.3, -0.25) is 14.4 Å². The summed E-state index contributed by atoms with van der Waals surface area (Å²) in [5.41, 5.74) is -0.590. The number of pyridine rings is 1. The first-order valence-electron chi connectivity index (χ1n) is 7.09. The van der Waals surface area contributed by atoms with E-state index in [0.29, 0.717) is 37.9 Å². The third-order valence-corrected chi connectivity index (χ3v) is 4.49. The number of hydrogen-bond donors (Lipinski definition) is 1. The molecule has 1 saturated heterocycles. The molecule has 0 spiro atoms. The van der Waals surface area contributed by atoms with E-state index in [1.54, 1.807) is 24.2 Å². The van der Waals surface area contributed by atoms with Crippen molar-refractivity contribution in [2.24, 2.45) is 12.5 Å². The fourth-order valence-electron chi connectivity index (χ4n) is 2.72. The summed E-state index contributed by atoms with van der Waals surface area (Å²) in [6, 6.07) is 2.93. The zero-order valence-electron chi connectivity index (χ0n) is 12.3. The lowest BCUT2D eigenvalue weighted by atomic mass is 9.76.